The van der Waals surface area contributed by atoms with E-state index in [2.05, 4.69) is 24.1 Å². The van der Waals surface area contributed by atoms with Crippen molar-refractivity contribution < 1.29 is 5.11 Å². The molecule has 1 saturated carbocycles. The zero-order valence-corrected chi connectivity index (χ0v) is 13.5. The Morgan fingerprint density at radius 3 is 2.80 bits per heavy atom. The zero-order chi connectivity index (χ0) is 14.4. The number of nitrogens with one attached hydrogen (secondary N) is 1. The maximum Gasteiger partial charge on any atom is 0.0616 e. The van der Waals surface area contributed by atoms with Crippen LogP contribution in [-0.4, -0.2) is 48.3 Å². The topological polar surface area (TPSA) is 35.5 Å². The summed E-state index contributed by atoms with van der Waals surface area (Å²) in [6.45, 7) is 9.58. The van der Waals surface area contributed by atoms with Crippen molar-refractivity contribution in [3.63, 3.8) is 0 Å². The number of aliphatic hydroxyl groups excluding tert-OH is 1. The van der Waals surface area contributed by atoms with Crippen LogP contribution in [0.3, 0.4) is 0 Å². The van der Waals surface area contributed by atoms with Crippen molar-refractivity contribution in [3.8, 4) is 0 Å². The first kappa shape index (κ1) is 16.3. The van der Waals surface area contributed by atoms with Gasteiger partial charge in [0.25, 0.3) is 0 Å². The molecule has 0 radical (unpaired) electrons. The zero-order valence-electron chi connectivity index (χ0n) is 13.5. The molecule has 3 nitrogen and oxygen atoms in total. The van der Waals surface area contributed by atoms with E-state index in [-0.39, 0.29) is 5.54 Å². The third-order valence-electron chi connectivity index (χ3n) is 5.63. The van der Waals surface area contributed by atoms with Crippen LogP contribution in [0.5, 0.6) is 0 Å². The molecule has 1 aliphatic carbocycles. The molecule has 0 aromatic carbocycles. The molecule has 1 saturated heterocycles. The summed E-state index contributed by atoms with van der Waals surface area (Å²) in [5.41, 5.74) is 0.0251. The fourth-order valence-electron chi connectivity index (χ4n) is 4.51. The largest absolute Gasteiger partial charge is 0.394 e. The Morgan fingerprint density at radius 1 is 1.25 bits per heavy atom. The number of aliphatic hydroxyl groups is 1. The summed E-state index contributed by atoms with van der Waals surface area (Å²) in [4.78, 5) is 2.66. The minimum absolute atomic E-state index is 0.0251. The van der Waals surface area contributed by atoms with Gasteiger partial charge in [0, 0.05) is 12.1 Å². The van der Waals surface area contributed by atoms with Crippen LogP contribution in [0, 0.1) is 11.8 Å². The molecule has 2 rings (SSSR count). The van der Waals surface area contributed by atoms with Gasteiger partial charge in [-0.25, -0.2) is 0 Å². The van der Waals surface area contributed by atoms with Crippen molar-refractivity contribution in [1.29, 1.82) is 0 Å². The van der Waals surface area contributed by atoms with Crippen LogP contribution in [0.4, 0.5) is 0 Å². The van der Waals surface area contributed by atoms with E-state index in [0.717, 1.165) is 18.9 Å². The van der Waals surface area contributed by atoms with Crippen LogP contribution in [0.25, 0.3) is 0 Å². The predicted molar refractivity (Wildman–Crippen MR) is 84.9 cm³/mol. The molecule has 3 atom stereocenters. The second-order valence-electron chi connectivity index (χ2n) is 6.97. The molecule has 1 heterocycles. The molecule has 2 fully saturated rings. The lowest BCUT2D eigenvalue weighted by molar-refractivity contribution is 0.114. The SMILES string of the molecule is CCCC1CCN(CCC2CCCC2(CO)NCC)C1. The molecular weight excluding hydrogens is 248 g/mol. The Balaban J connectivity index is 1.78. The molecule has 2 N–H and O–H groups in total. The van der Waals surface area contributed by atoms with E-state index in [1.807, 2.05) is 0 Å². The molecule has 1 aliphatic heterocycles. The van der Waals surface area contributed by atoms with Crippen molar-refractivity contribution in [2.45, 2.75) is 64.3 Å². The van der Waals surface area contributed by atoms with Gasteiger partial charge in [0.05, 0.1) is 6.61 Å². The van der Waals surface area contributed by atoms with Crippen molar-refractivity contribution in [2.24, 2.45) is 11.8 Å². The molecule has 118 valence electrons. The monoisotopic (exact) mass is 282 g/mol. The number of hydrogen-bond donors (Lipinski definition) is 2. The maximum atomic E-state index is 9.85. The third-order valence-corrected chi connectivity index (χ3v) is 5.63. The van der Waals surface area contributed by atoms with Gasteiger partial charge in [-0.15, -0.1) is 0 Å². The fraction of sp³-hybridized carbons (Fsp3) is 1.00. The summed E-state index contributed by atoms with van der Waals surface area (Å²) in [5, 5.41) is 13.4. The lowest BCUT2D eigenvalue weighted by Crippen LogP contribution is -2.51. The average Bonchev–Trinajstić information content (AvgIpc) is 3.05. The molecule has 0 aromatic rings. The minimum atomic E-state index is 0.0251. The quantitative estimate of drug-likeness (QED) is 0.718. The number of likely N-dealkylation sites (N-methyl/N-ethyl adjacent to an activating group) is 1. The van der Waals surface area contributed by atoms with Crippen molar-refractivity contribution >= 4 is 0 Å². The first-order valence-corrected chi connectivity index (χ1v) is 8.82. The van der Waals surface area contributed by atoms with E-state index in [1.165, 1.54) is 58.2 Å². The molecule has 0 spiro atoms. The summed E-state index contributed by atoms with van der Waals surface area (Å²) in [6.07, 6.45) is 9.10. The van der Waals surface area contributed by atoms with E-state index in [0.29, 0.717) is 12.5 Å². The van der Waals surface area contributed by atoms with Gasteiger partial charge in [-0.3, -0.25) is 0 Å². The lowest BCUT2D eigenvalue weighted by Gasteiger charge is -2.35. The first-order chi connectivity index (χ1) is 9.74. The molecular formula is C17H34N2O. The Hall–Kier alpha value is -0.120. The standard InChI is InChI=1S/C17H34N2O/c1-3-6-15-8-11-19(13-15)12-9-16-7-5-10-17(16,14-20)18-4-2/h15-16,18,20H,3-14H2,1-2H3. The van der Waals surface area contributed by atoms with Gasteiger partial charge in [-0.1, -0.05) is 26.7 Å². The summed E-state index contributed by atoms with van der Waals surface area (Å²) in [5.74, 6) is 1.61. The van der Waals surface area contributed by atoms with Crippen LogP contribution >= 0.6 is 0 Å². The first-order valence-electron chi connectivity index (χ1n) is 8.82. The number of hydrogen-bond acceptors (Lipinski definition) is 3. The van der Waals surface area contributed by atoms with Gasteiger partial charge < -0.3 is 15.3 Å². The smallest absolute Gasteiger partial charge is 0.0616 e. The molecule has 3 unspecified atom stereocenters. The van der Waals surface area contributed by atoms with Crippen molar-refractivity contribution in [3.05, 3.63) is 0 Å². The predicted octanol–water partition coefficient (Wildman–Crippen LogP) is 2.64. The van der Waals surface area contributed by atoms with Gasteiger partial charge >= 0.3 is 0 Å². The molecule has 2 aliphatic rings. The van der Waals surface area contributed by atoms with Gasteiger partial charge in [-0.05, 0) is 63.6 Å². The highest BCUT2D eigenvalue weighted by atomic mass is 16.3. The lowest BCUT2D eigenvalue weighted by atomic mass is 9.85. The second-order valence-corrected chi connectivity index (χ2v) is 6.97. The van der Waals surface area contributed by atoms with Gasteiger partial charge in [0.15, 0.2) is 0 Å². The molecule has 0 amide bonds. The average molecular weight is 282 g/mol. The number of nitrogens with zero attached hydrogens (tertiary/aromatic N) is 1. The Kier molecular flexibility index (Phi) is 6.31. The maximum absolute atomic E-state index is 9.85. The van der Waals surface area contributed by atoms with Crippen LogP contribution in [-0.2, 0) is 0 Å². The number of rotatable bonds is 8. The van der Waals surface area contributed by atoms with E-state index in [1.54, 1.807) is 0 Å². The highest BCUT2D eigenvalue weighted by Crippen LogP contribution is 2.38. The Morgan fingerprint density at radius 2 is 2.10 bits per heavy atom. The summed E-state index contributed by atoms with van der Waals surface area (Å²) in [6, 6.07) is 0. The van der Waals surface area contributed by atoms with E-state index < -0.39 is 0 Å². The van der Waals surface area contributed by atoms with Gasteiger partial charge in [0.1, 0.15) is 0 Å². The summed E-state index contributed by atoms with van der Waals surface area (Å²) >= 11 is 0. The normalized spacial score (nSPS) is 35.0. The van der Waals surface area contributed by atoms with Crippen molar-refractivity contribution in [2.75, 3.05) is 32.8 Å². The highest BCUT2D eigenvalue weighted by molar-refractivity contribution is 4.99. The van der Waals surface area contributed by atoms with E-state index in [4.69, 9.17) is 0 Å². The van der Waals surface area contributed by atoms with Gasteiger partial charge in [0.2, 0.25) is 0 Å². The van der Waals surface area contributed by atoms with E-state index in [9.17, 15) is 5.11 Å². The Bertz CT molecular complexity index is 284. The molecule has 3 heteroatoms. The highest BCUT2D eigenvalue weighted by Gasteiger charge is 2.41. The third kappa shape index (κ3) is 3.75. The molecule has 0 aromatic heterocycles. The van der Waals surface area contributed by atoms with Crippen LogP contribution in [0.1, 0.15) is 58.8 Å². The Labute approximate surface area is 125 Å². The summed E-state index contributed by atoms with van der Waals surface area (Å²) < 4.78 is 0. The van der Waals surface area contributed by atoms with Crippen molar-refractivity contribution in [1.82, 2.24) is 10.2 Å². The molecule has 20 heavy (non-hydrogen) atoms. The van der Waals surface area contributed by atoms with E-state index >= 15 is 0 Å². The minimum Gasteiger partial charge on any atom is -0.394 e. The second kappa shape index (κ2) is 7.77. The van der Waals surface area contributed by atoms with Crippen LogP contribution in [0.15, 0.2) is 0 Å². The van der Waals surface area contributed by atoms with Gasteiger partial charge in [-0.2, -0.15) is 0 Å². The summed E-state index contributed by atoms with van der Waals surface area (Å²) in [7, 11) is 0. The fourth-order valence-corrected chi connectivity index (χ4v) is 4.51. The molecule has 0 bridgehead atoms. The van der Waals surface area contributed by atoms with Crippen LogP contribution in [0.2, 0.25) is 0 Å². The van der Waals surface area contributed by atoms with Crippen LogP contribution < -0.4 is 5.32 Å². The number of likely N-dealkylation sites (tertiary alicyclic amines) is 1.